The fourth-order valence-electron chi connectivity index (χ4n) is 2.85. The monoisotopic (exact) mass is 355 g/mol. The molecular weight excluding hydrogens is 338 g/mol. The minimum absolute atomic E-state index is 0.0702. The summed E-state index contributed by atoms with van der Waals surface area (Å²) in [5.74, 6) is 0.995. The highest BCUT2D eigenvalue weighted by Crippen LogP contribution is 2.31. The third-order valence-electron chi connectivity index (χ3n) is 4.11. The second kappa shape index (κ2) is 6.22. The summed E-state index contributed by atoms with van der Waals surface area (Å²) in [7, 11) is -3.59. The number of piperidine rings is 1. The van der Waals surface area contributed by atoms with Crippen molar-refractivity contribution in [3.8, 4) is 0 Å². The van der Waals surface area contributed by atoms with Crippen LogP contribution in [0.25, 0.3) is 0 Å². The summed E-state index contributed by atoms with van der Waals surface area (Å²) < 4.78 is 32.6. The molecule has 1 aromatic carbocycles. The maximum Gasteiger partial charge on any atom is 0.243 e. The quantitative estimate of drug-likeness (QED) is 0.846. The summed E-state index contributed by atoms with van der Waals surface area (Å²) in [4.78, 5) is 4.49. The van der Waals surface area contributed by atoms with Gasteiger partial charge in [0.15, 0.2) is 5.82 Å². The molecule has 2 heterocycles. The smallest absolute Gasteiger partial charge is 0.243 e. The lowest BCUT2D eigenvalue weighted by Gasteiger charge is -2.30. The molecule has 3 rings (SSSR count). The Labute approximate surface area is 140 Å². The van der Waals surface area contributed by atoms with Crippen molar-refractivity contribution in [2.75, 3.05) is 13.1 Å². The van der Waals surface area contributed by atoms with Crippen LogP contribution in [-0.2, 0) is 10.0 Å². The highest BCUT2D eigenvalue weighted by molar-refractivity contribution is 7.89. The molecular formula is C15H18ClN3O3S. The van der Waals surface area contributed by atoms with Gasteiger partial charge in [0.2, 0.25) is 15.9 Å². The van der Waals surface area contributed by atoms with Gasteiger partial charge in [-0.25, -0.2) is 8.42 Å². The van der Waals surface area contributed by atoms with Crippen molar-refractivity contribution < 1.29 is 12.9 Å². The van der Waals surface area contributed by atoms with Crippen molar-refractivity contribution in [3.63, 3.8) is 0 Å². The van der Waals surface area contributed by atoms with E-state index in [1.165, 1.54) is 4.31 Å². The minimum Gasteiger partial charge on any atom is -0.339 e. The van der Waals surface area contributed by atoms with Gasteiger partial charge in [-0.2, -0.15) is 9.29 Å². The first-order valence-corrected chi connectivity index (χ1v) is 9.27. The second-order valence-electron chi connectivity index (χ2n) is 5.75. The van der Waals surface area contributed by atoms with Gasteiger partial charge in [-0.3, -0.25) is 0 Å². The molecule has 124 valence electrons. The van der Waals surface area contributed by atoms with Gasteiger partial charge < -0.3 is 4.52 Å². The number of sulfonamides is 1. The maximum absolute atomic E-state index is 12.9. The Morgan fingerprint density at radius 3 is 2.83 bits per heavy atom. The first-order chi connectivity index (χ1) is 10.9. The van der Waals surface area contributed by atoms with E-state index < -0.39 is 10.0 Å². The number of rotatable bonds is 3. The normalized spacial score (nSPS) is 19.9. The Hall–Kier alpha value is -1.44. The lowest BCUT2D eigenvalue weighted by atomic mass is 10.00. The average molecular weight is 356 g/mol. The van der Waals surface area contributed by atoms with E-state index in [0.717, 1.165) is 12.8 Å². The summed E-state index contributed by atoms with van der Waals surface area (Å²) in [5.41, 5.74) is 0.574. The zero-order valence-electron chi connectivity index (χ0n) is 13.0. The van der Waals surface area contributed by atoms with Crippen molar-refractivity contribution in [3.05, 3.63) is 40.5 Å². The van der Waals surface area contributed by atoms with Gasteiger partial charge in [-0.15, -0.1) is 0 Å². The predicted molar refractivity (Wildman–Crippen MR) is 86.0 cm³/mol. The van der Waals surface area contributed by atoms with Gasteiger partial charge >= 0.3 is 0 Å². The highest BCUT2D eigenvalue weighted by Gasteiger charge is 2.34. The molecule has 2 aromatic rings. The Morgan fingerprint density at radius 1 is 1.35 bits per heavy atom. The second-order valence-corrected chi connectivity index (χ2v) is 8.06. The molecule has 1 aromatic heterocycles. The largest absolute Gasteiger partial charge is 0.339 e. The molecule has 0 amide bonds. The fourth-order valence-corrected chi connectivity index (χ4v) is 4.85. The standard InChI is InChI=1S/C15H18ClN3O3S/c1-10-13(16)6-3-7-14(10)23(20,21)19-8-4-5-12(9-19)15-17-11(2)18-22-15/h3,6-7,12H,4-5,8-9H2,1-2H3/t12-/m0/s1. The molecule has 0 radical (unpaired) electrons. The van der Waals surface area contributed by atoms with E-state index in [1.807, 2.05) is 0 Å². The zero-order valence-corrected chi connectivity index (χ0v) is 14.6. The third kappa shape index (κ3) is 3.13. The van der Waals surface area contributed by atoms with Crippen LogP contribution in [0.3, 0.4) is 0 Å². The molecule has 1 atom stereocenters. The van der Waals surface area contributed by atoms with Crippen molar-refractivity contribution in [2.24, 2.45) is 0 Å². The number of nitrogens with zero attached hydrogens (tertiary/aromatic N) is 3. The first kappa shape index (κ1) is 16.4. The number of benzene rings is 1. The molecule has 6 nitrogen and oxygen atoms in total. The van der Waals surface area contributed by atoms with Crippen LogP contribution in [0.4, 0.5) is 0 Å². The van der Waals surface area contributed by atoms with Gasteiger partial charge in [0.25, 0.3) is 0 Å². The highest BCUT2D eigenvalue weighted by atomic mass is 35.5. The summed E-state index contributed by atoms with van der Waals surface area (Å²) >= 11 is 6.07. The summed E-state index contributed by atoms with van der Waals surface area (Å²) in [6.07, 6.45) is 1.59. The molecule has 0 aliphatic carbocycles. The lowest BCUT2D eigenvalue weighted by molar-refractivity contribution is 0.265. The Kier molecular flexibility index (Phi) is 4.44. The molecule has 0 saturated carbocycles. The van der Waals surface area contributed by atoms with Crippen LogP contribution in [0.15, 0.2) is 27.6 Å². The van der Waals surface area contributed by atoms with Gasteiger partial charge in [-0.05, 0) is 44.4 Å². The van der Waals surface area contributed by atoms with E-state index >= 15 is 0 Å². The van der Waals surface area contributed by atoms with E-state index in [9.17, 15) is 8.42 Å². The Morgan fingerprint density at radius 2 is 2.13 bits per heavy atom. The van der Waals surface area contributed by atoms with Crippen LogP contribution >= 0.6 is 11.6 Å². The SMILES string of the molecule is Cc1noc([C@H]2CCCN(S(=O)(=O)c3cccc(Cl)c3C)C2)n1. The van der Waals surface area contributed by atoms with E-state index in [2.05, 4.69) is 10.1 Å². The van der Waals surface area contributed by atoms with E-state index in [-0.39, 0.29) is 10.8 Å². The molecule has 1 fully saturated rings. The van der Waals surface area contributed by atoms with Crippen molar-refractivity contribution in [2.45, 2.75) is 37.5 Å². The number of aryl methyl sites for hydroxylation is 1. The molecule has 0 unspecified atom stereocenters. The molecule has 8 heteroatoms. The average Bonchev–Trinajstić information content (AvgIpc) is 2.96. The third-order valence-corrected chi connectivity index (χ3v) is 6.53. The molecule has 23 heavy (non-hydrogen) atoms. The Balaban J connectivity index is 1.89. The van der Waals surface area contributed by atoms with E-state index in [4.69, 9.17) is 16.1 Å². The molecule has 1 aliphatic heterocycles. The van der Waals surface area contributed by atoms with Crippen LogP contribution in [0.2, 0.25) is 5.02 Å². The summed E-state index contributed by atoms with van der Waals surface area (Å²) in [5, 5.41) is 4.24. The molecule has 1 aliphatic rings. The van der Waals surface area contributed by atoms with Gasteiger partial charge in [0.1, 0.15) is 0 Å². The lowest BCUT2D eigenvalue weighted by Crippen LogP contribution is -2.39. The van der Waals surface area contributed by atoms with Gasteiger partial charge in [0, 0.05) is 18.1 Å². The van der Waals surface area contributed by atoms with Crippen LogP contribution in [0, 0.1) is 13.8 Å². The summed E-state index contributed by atoms with van der Waals surface area (Å²) in [6.45, 7) is 4.30. The van der Waals surface area contributed by atoms with E-state index in [0.29, 0.717) is 35.4 Å². The number of hydrogen-bond donors (Lipinski definition) is 0. The Bertz CT molecular complexity index is 819. The molecule has 0 spiro atoms. The number of aromatic nitrogens is 2. The van der Waals surface area contributed by atoms with Crippen molar-refractivity contribution in [1.29, 1.82) is 0 Å². The van der Waals surface area contributed by atoms with Gasteiger partial charge in [-0.1, -0.05) is 22.8 Å². The summed E-state index contributed by atoms with van der Waals surface area (Å²) in [6, 6.07) is 4.94. The van der Waals surface area contributed by atoms with Crippen LogP contribution < -0.4 is 0 Å². The fraction of sp³-hybridized carbons (Fsp3) is 0.467. The van der Waals surface area contributed by atoms with Crippen LogP contribution in [0.1, 0.15) is 36.0 Å². The molecule has 1 saturated heterocycles. The van der Waals surface area contributed by atoms with E-state index in [1.54, 1.807) is 32.0 Å². The maximum atomic E-state index is 12.9. The minimum atomic E-state index is -3.59. The number of hydrogen-bond acceptors (Lipinski definition) is 5. The molecule has 0 N–H and O–H groups in total. The van der Waals surface area contributed by atoms with Crippen molar-refractivity contribution in [1.82, 2.24) is 14.4 Å². The predicted octanol–water partition coefficient (Wildman–Crippen LogP) is 2.91. The van der Waals surface area contributed by atoms with Crippen molar-refractivity contribution >= 4 is 21.6 Å². The topological polar surface area (TPSA) is 76.3 Å². The van der Waals surface area contributed by atoms with Crippen LogP contribution in [-0.4, -0.2) is 36.0 Å². The first-order valence-electron chi connectivity index (χ1n) is 7.45. The van der Waals surface area contributed by atoms with Crippen LogP contribution in [0.5, 0.6) is 0 Å². The molecule has 0 bridgehead atoms. The number of halogens is 1. The van der Waals surface area contributed by atoms with Gasteiger partial charge in [0.05, 0.1) is 10.8 Å². The zero-order chi connectivity index (χ0) is 16.6.